The van der Waals surface area contributed by atoms with Crippen molar-refractivity contribution in [1.29, 1.82) is 0 Å². The molecule has 2 heterocycles. The lowest BCUT2D eigenvalue weighted by molar-refractivity contribution is -0.0437. The zero-order valence-corrected chi connectivity index (χ0v) is 11.7. The molecule has 0 aromatic heterocycles. The summed E-state index contributed by atoms with van der Waals surface area (Å²) in [6.07, 6.45) is 4.58. The third kappa shape index (κ3) is 2.41. The molecular weight excluding hydrogens is 241 g/mol. The van der Waals surface area contributed by atoms with E-state index in [-0.39, 0.29) is 5.82 Å². The van der Waals surface area contributed by atoms with Gasteiger partial charge in [-0.05, 0) is 56.8 Å². The zero-order valence-electron chi connectivity index (χ0n) is 11.7. The van der Waals surface area contributed by atoms with E-state index < -0.39 is 5.60 Å². The van der Waals surface area contributed by atoms with Crippen LogP contribution in [-0.2, 0) is 6.42 Å². The van der Waals surface area contributed by atoms with Crippen LogP contribution in [-0.4, -0.2) is 34.7 Å². The SMILES string of the molecule is Cc1ccc(CC2(O)CC3CCC(C2)N3C)cc1F. The van der Waals surface area contributed by atoms with Crippen LogP contribution < -0.4 is 0 Å². The molecule has 2 nitrogen and oxygen atoms in total. The second kappa shape index (κ2) is 4.57. The number of piperidine rings is 1. The minimum Gasteiger partial charge on any atom is -0.389 e. The van der Waals surface area contributed by atoms with Crippen LogP contribution in [0.4, 0.5) is 4.39 Å². The average molecular weight is 263 g/mol. The fourth-order valence-electron chi connectivity index (χ4n) is 3.81. The van der Waals surface area contributed by atoms with Crippen LogP contribution >= 0.6 is 0 Å². The maximum atomic E-state index is 13.6. The highest BCUT2D eigenvalue weighted by atomic mass is 19.1. The topological polar surface area (TPSA) is 23.5 Å². The number of benzene rings is 1. The van der Waals surface area contributed by atoms with E-state index in [2.05, 4.69) is 11.9 Å². The highest BCUT2D eigenvalue weighted by molar-refractivity contribution is 5.25. The number of rotatable bonds is 2. The second-order valence-corrected chi connectivity index (χ2v) is 6.44. The van der Waals surface area contributed by atoms with Gasteiger partial charge in [0.1, 0.15) is 5.82 Å². The number of fused-ring (bicyclic) bond motifs is 2. The van der Waals surface area contributed by atoms with Gasteiger partial charge in [-0.3, -0.25) is 0 Å². The van der Waals surface area contributed by atoms with E-state index in [1.807, 2.05) is 6.07 Å². The van der Waals surface area contributed by atoms with Crippen LogP contribution in [0.2, 0.25) is 0 Å². The third-order valence-corrected chi connectivity index (χ3v) is 4.99. The lowest BCUT2D eigenvalue weighted by Crippen LogP contribution is -2.50. The number of aryl methyl sites for hydroxylation is 1. The van der Waals surface area contributed by atoms with E-state index in [0.29, 0.717) is 24.1 Å². The molecule has 3 heteroatoms. The molecule has 2 saturated heterocycles. The molecule has 0 amide bonds. The summed E-state index contributed by atoms with van der Waals surface area (Å²) in [6, 6.07) is 6.32. The normalized spacial score (nSPS) is 34.7. The summed E-state index contributed by atoms with van der Waals surface area (Å²) in [4.78, 5) is 2.41. The first-order valence-corrected chi connectivity index (χ1v) is 7.16. The Kier molecular flexibility index (Phi) is 3.14. The molecule has 104 valence electrons. The van der Waals surface area contributed by atoms with Gasteiger partial charge >= 0.3 is 0 Å². The molecule has 2 unspecified atom stereocenters. The van der Waals surface area contributed by atoms with Crippen molar-refractivity contribution >= 4 is 0 Å². The smallest absolute Gasteiger partial charge is 0.126 e. The first-order valence-electron chi connectivity index (χ1n) is 7.16. The van der Waals surface area contributed by atoms with Gasteiger partial charge in [0.25, 0.3) is 0 Å². The van der Waals surface area contributed by atoms with Crippen molar-refractivity contribution in [3.05, 3.63) is 35.1 Å². The molecule has 2 fully saturated rings. The predicted octanol–water partition coefficient (Wildman–Crippen LogP) is 2.66. The van der Waals surface area contributed by atoms with Gasteiger partial charge in [0.05, 0.1) is 5.60 Å². The monoisotopic (exact) mass is 263 g/mol. The first kappa shape index (κ1) is 13.1. The highest BCUT2D eigenvalue weighted by Crippen LogP contribution is 2.41. The Morgan fingerprint density at radius 2 is 1.95 bits per heavy atom. The molecule has 1 aromatic carbocycles. The largest absolute Gasteiger partial charge is 0.389 e. The maximum Gasteiger partial charge on any atom is 0.126 e. The fourth-order valence-corrected chi connectivity index (χ4v) is 3.81. The molecule has 0 spiro atoms. The Bertz CT molecular complexity index is 474. The molecule has 0 radical (unpaired) electrons. The van der Waals surface area contributed by atoms with Crippen molar-refractivity contribution in [1.82, 2.24) is 4.90 Å². The van der Waals surface area contributed by atoms with Gasteiger partial charge in [-0.15, -0.1) is 0 Å². The molecule has 0 aliphatic carbocycles. The van der Waals surface area contributed by atoms with Crippen LogP contribution in [0.1, 0.15) is 36.8 Å². The fraction of sp³-hybridized carbons (Fsp3) is 0.625. The number of hydrogen-bond acceptors (Lipinski definition) is 2. The summed E-state index contributed by atoms with van der Waals surface area (Å²) in [5, 5.41) is 10.8. The van der Waals surface area contributed by atoms with E-state index >= 15 is 0 Å². The van der Waals surface area contributed by atoms with Crippen LogP contribution in [0.25, 0.3) is 0 Å². The molecule has 19 heavy (non-hydrogen) atoms. The molecule has 2 aliphatic heterocycles. The molecule has 1 aromatic rings. The number of aliphatic hydroxyl groups is 1. The molecular formula is C16H22FNO. The van der Waals surface area contributed by atoms with Gasteiger partial charge in [-0.2, -0.15) is 0 Å². The van der Waals surface area contributed by atoms with E-state index in [9.17, 15) is 9.50 Å². The number of hydrogen-bond donors (Lipinski definition) is 1. The van der Waals surface area contributed by atoms with Gasteiger partial charge < -0.3 is 10.0 Å². The maximum absolute atomic E-state index is 13.6. The Labute approximate surface area is 114 Å². The summed E-state index contributed by atoms with van der Waals surface area (Å²) in [5.41, 5.74) is 0.925. The van der Waals surface area contributed by atoms with Gasteiger partial charge in [-0.1, -0.05) is 12.1 Å². The van der Waals surface area contributed by atoms with E-state index in [1.165, 1.54) is 12.8 Å². The average Bonchev–Trinajstić information content (AvgIpc) is 2.59. The summed E-state index contributed by atoms with van der Waals surface area (Å²) >= 11 is 0. The van der Waals surface area contributed by atoms with Crippen LogP contribution in [0.5, 0.6) is 0 Å². The van der Waals surface area contributed by atoms with E-state index in [1.54, 1.807) is 19.1 Å². The standard InChI is InChI=1S/C16H22FNO/c1-11-3-4-12(7-15(11)17)8-16(19)9-13-5-6-14(10-16)18(13)2/h3-4,7,13-14,19H,5-6,8-10H2,1-2H3. The molecule has 3 rings (SSSR count). The second-order valence-electron chi connectivity index (χ2n) is 6.44. The van der Waals surface area contributed by atoms with Gasteiger partial charge in [-0.25, -0.2) is 4.39 Å². The lowest BCUT2D eigenvalue weighted by atomic mass is 9.81. The predicted molar refractivity (Wildman–Crippen MR) is 73.6 cm³/mol. The molecule has 0 saturated carbocycles. The molecule has 2 bridgehead atoms. The van der Waals surface area contributed by atoms with Crippen LogP contribution in [0, 0.1) is 12.7 Å². The van der Waals surface area contributed by atoms with Crippen LogP contribution in [0.3, 0.4) is 0 Å². The highest BCUT2D eigenvalue weighted by Gasteiger charge is 2.45. The van der Waals surface area contributed by atoms with Crippen molar-refractivity contribution in [2.24, 2.45) is 0 Å². The van der Waals surface area contributed by atoms with Gasteiger partial charge in [0.15, 0.2) is 0 Å². The molecule has 2 atom stereocenters. The number of halogens is 1. The van der Waals surface area contributed by atoms with Crippen molar-refractivity contribution < 1.29 is 9.50 Å². The summed E-state index contributed by atoms with van der Waals surface area (Å²) in [6.45, 7) is 1.77. The van der Waals surface area contributed by atoms with Crippen LogP contribution in [0.15, 0.2) is 18.2 Å². The summed E-state index contributed by atoms with van der Waals surface area (Å²) in [5.74, 6) is -0.169. The van der Waals surface area contributed by atoms with E-state index in [4.69, 9.17) is 0 Å². The Hall–Kier alpha value is -0.930. The van der Waals surface area contributed by atoms with E-state index in [0.717, 1.165) is 18.4 Å². The van der Waals surface area contributed by atoms with Gasteiger partial charge in [0.2, 0.25) is 0 Å². The molecule has 1 N–H and O–H groups in total. The zero-order chi connectivity index (χ0) is 13.6. The lowest BCUT2D eigenvalue weighted by Gasteiger charge is -2.42. The summed E-state index contributed by atoms with van der Waals surface area (Å²) in [7, 11) is 2.16. The first-order chi connectivity index (χ1) is 8.97. The number of nitrogens with zero attached hydrogens (tertiary/aromatic N) is 1. The van der Waals surface area contributed by atoms with Crippen molar-refractivity contribution in [3.63, 3.8) is 0 Å². The molecule has 2 aliphatic rings. The third-order valence-electron chi connectivity index (χ3n) is 4.99. The quantitative estimate of drug-likeness (QED) is 0.886. The van der Waals surface area contributed by atoms with Crippen molar-refractivity contribution in [2.45, 2.75) is 56.7 Å². The minimum absolute atomic E-state index is 0.169. The minimum atomic E-state index is -0.653. The summed E-state index contributed by atoms with van der Waals surface area (Å²) < 4.78 is 13.6. The van der Waals surface area contributed by atoms with Gasteiger partial charge in [0, 0.05) is 18.5 Å². The Morgan fingerprint density at radius 3 is 2.53 bits per heavy atom. The Morgan fingerprint density at radius 1 is 1.32 bits per heavy atom. The van der Waals surface area contributed by atoms with Crippen molar-refractivity contribution in [2.75, 3.05) is 7.05 Å². The Balaban J connectivity index is 1.77. The van der Waals surface area contributed by atoms with Crippen molar-refractivity contribution in [3.8, 4) is 0 Å².